The normalized spacial score (nSPS) is 11.0. The third-order valence-electron chi connectivity index (χ3n) is 2.82. The van der Waals surface area contributed by atoms with Gasteiger partial charge in [0.25, 0.3) is 6.43 Å². The Bertz CT molecular complexity index is 621. The lowest BCUT2D eigenvalue weighted by Gasteiger charge is -2.01. The molecular formula is C17H14F2NO. The van der Waals surface area contributed by atoms with Crippen molar-refractivity contribution in [3.8, 4) is 0 Å². The predicted octanol–water partition coefficient (Wildman–Crippen LogP) is 4.69. The molecule has 0 atom stereocenters. The highest BCUT2D eigenvalue weighted by atomic mass is 19.3. The number of rotatable bonds is 6. The minimum Gasteiger partial charge on any atom is -0.390 e. The van der Waals surface area contributed by atoms with E-state index < -0.39 is 6.43 Å². The monoisotopic (exact) mass is 286 g/mol. The van der Waals surface area contributed by atoms with Crippen LogP contribution in [0.15, 0.2) is 60.3 Å². The summed E-state index contributed by atoms with van der Waals surface area (Å²) in [5, 5.41) is 3.70. The first-order valence-corrected chi connectivity index (χ1v) is 6.36. The molecule has 0 heterocycles. The van der Waals surface area contributed by atoms with Gasteiger partial charge in [-0.2, -0.15) is 0 Å². The molecule has 0 amide bonds. The highest BCUT2D eigenvalue weighted by Crippen LogP contribution is 2.18. The molecule has 0 saturated carbocycles. The maximum atomic E-state index is 12.4. The summed E-state index contributed by atoms with van der Waals surface area (Å²) in [4.78, 5) is 5.13. The van der Waals surface area contributed by atoms with Crippen LogP contribution >= 0.6 is 0 Å². The standard InChI is InChI=1S/C17H14F2NO/c1-2-13-4-3-5-15(10-13)12-21-20-11-14-6-8-16(9-7-14)17(18)19/h2-10,17H,1,12H2. The zero-order chi connectivity index (χ0) is 15.1. The van der Waals surface area contributed by atoms with Crippen molar-refractivity contribution >= 4 is 12.3 Å². The van der Waals surface area contributed by atoms with Gasteiger partial charge < -0.3 is 4.84 Å². The highest BCUT2D eigenvalue weighted by Gasteiger charge is 2.05. The second-order valence-corrected chi connectivity index (χ2v) is 4.35. The molecule has 107 valence electrons. The Morgan fingerprint density at radius 2 is 1.95 bits per heavy atom. The smallest absolute Gasteiger partial charge is 0.263 e. The number of benzene rings is 2. The Hall–Kier alpha value is -2.49. The van der Waals surface area contributed by atoms with Gasteiger partial charge in [-0.15, -0.1) is 0 Å². The zero-order valence-corrected chi connectivity index (χ0v) is 11.3. The van der Waals surface area contributed by atoms with Gasteiger partial charge in [-0.05, 0) is 17.2 Å². The Labute approximate surface area is 122 Å². The average Bonchev–Trinajstić information content (AvgIpc) is 2.52. The van der Waals surface area contributed by atoms with Crippen molar-refractivity contribution in [3.05, 3.63) is 77.4 Å². The number of nitrogens with zero attached hydrogens (tertiary/aromatic N) is 1. The number of alkyl halides is 2. The Balaban J connectivity index is 1.88. The molecule has 0 saturated heterocycles. The van der Waals surface area contributed by atoms with Crippen molar-refractivity contribution in [3.63, 3.8) is 0 Å². The van der Waals surface area contributed by atoms with Gasteiger partial charge in [-0.25, -0.2) is 8.78 Å². The molecule has 2 nitrogen and oxygen atoms in total. The van der Waals surface area contributed by atoms with E-state index >= 15 is 0 Å². The molecule has 2 rings (SSSR count). The molecular weight excluding hydrogens is 272 g/mol. The van der Waals surface area contributed by atoms with Crippen LogP contribution in [-0.4, -0.2) is 6.21 Å². The molecule has 0 aromatic heterocycles. The van der Waals surface area contributed by atoms with Gasteiger partial charge in [0, 0.05) is 11.1 Å². The predicted molar refractivity (Wildman–Crippen MR) is 79.3 cm³/mol. The first-order chi connectivity index (χ1) is 10.2. The third kappa shape index (κ3) is 4.53. The Morgan fingerprint density at radius 1 is 1.19 bits per heavy atom. The molecule has 0 bridgehead atoms. The van der Waals surface area contributed by atoms with Crippen LogP contribution in [0.3, 0.4) is 0 Å². The van der Waals surface area contributed by atoms with Gasteiger partial charge in [0.05, 0.1) is 0 Å². The van der Waals surface area contributed by atoms with Crippen molar-refractivity contribution in [1.82, 2.24) is 0 Å². The maximum Gasteiger partial charge on any atom is 0.263 e. The summed E-state index contributed by atoms with van der Waals surface area (Å²) in [5.74, 6) is 0. The second-order valence-electron chi connectivity index (χ2n) is 4.35. The maximum absolute atomic E-state index is 12.4. The molecule has 2 aromatic carbocycles. The van der Waals surface area contributed by atoms with Crippen molar-refractivity contribution in [2.75, 3.05) is 0 Å². The van der Waals surface area contributed by atoms with E-state index in [9.17, 15) is 8.78 Å². The van der Waals surface area contributed by atoms with Crippen molar-refractivity contribution < 1.29 is 13.6 Å². The Morgan fingerprint density at radius 3 is 2.62 bits per heavy atom. The fourth-order valence-corrected chi connectivity index (χ4v) is 1.70. The van der Waals surface area contributed by atoms with E-state index in [0.29, 0.717) is 12.2 Å². The molecule has 0 aliphatic heterocycles. The number of halogens is 2. The van der Waals surface area contributed by atoms with Crippen molar-refractivity contribution in [2.24, 2.45) is 5.16 Å². The molecule has 0 fully saturated rings. The van der Waals surface area contributed by atoms with Gasteiger partial charge >= 0.3 is 0 Å². The van der Waals surface area contributed by atoms with Gasteiger partial charge in [0.1, 0.15) is 12.8 Å². The average molecular weight is 286 g/mol. The van der Waals surface area contributed by atoms with E-state index in [0.717, 1.165) is 11.1 Å². The molecule has 0 unspecified atom stereocenters. The number of hydrogen-bond acceptors (Lipinski definition) is 2. The summed E-state index contributed by atoms with van der Waals surface area (Å²) >= 11 is 0. The van der Waals surface area contributed by atoms with E-state index in [4.69, 9.17) is 4.84 Å². The van der Waals surface area contributed by atoms with Crippen LogP contribution in [0.25, 0.3) is 6.08 Å². The van der Waals surface area contributed by atoms with E-state index in [1.807, 2.05) is 24.3 Å². The topological polar surface area (TPSA) is 21.6 Å². The fourth-order valence-electron chi connectivity index (χ4n) is 1.70. The summed E-state index contributed by atoms with van der Waals surface area (Å²) in [7, 11) is 0. The highest BCUT2D eigenvalue weighted by molar-refractivity contribution is 5.79. The summed E-state index contributed by atoms with van der Waals surface area (Å²) < 4.78 is 24.8. The third-order valence-corrected chi connectivity index (χ3v) is 2.82. The SMILES string of the molecule is C=Cc1cccc(CO/N=[C]\c2ccc(C(F)F)cc2)c1. The van der Waals surface area contributed by atoms with Crippen LogP contribution in [0.1, 0.15) is 28.7 Å². The second kappa shape index (κ2) is 7.33. The molecule has 21 heavy (non-hydrogen) atoms. The van der Waals surface area contributed by atoms with Crippen LogP contribution < -0.4 is 0 Å². The summed E-state index contributed by atoms with van der Waals surface area (Å²) in [6.07, 6.45) is 1.93. The minimum absolute atomic E-state index is 0.0253. The molecule has 0 aliphatic rings. The van der Waals surface area contributed by atoms with Crippen LogP contribution in [0, 0.1) is 0 Å². The van der Waals surface area contributed by atoms with Crippen molar-refractivity contribution in [2.45, 2.75) is 13.0 Å². The lowest BCUT2D eigenvalue weighted by Crippen LogP contribution is -1.90. The van der Waals surface area contributed by atoms with Crippen LogP contribution in [0.4, 0.5) is 8.78 Å². The first-order valence-electron chi connectivity index (χ1n) is 6.36. The Kier molecular flexibility index (Phi) is 5.21. The lowest BCUT2D eigenvalue weighted by molar-refractivity contribution is 0.132. The van der Waals surface area contributed by atoms with Crippen molar-refractivity contribution in [1.29, 1.82) is 0 Å². The largest absolute Gasteiger partial charge is 0.390 e. The summed E-state index contributed by atoms with van der Waals surface area (Å²) in [6, 6.07) is 13.4. The molecule has 0 N–H and O–H groups in total. The lowest BCUT2D eigenvalue weighted by atomic mass is 10.1. The first kappa shape index (κ1) is 14.9. The van der Waals surface area contributed by atoms with E-state index in [2.05, 4.69) is 17.9 Å². The molecule has 1 radical (unpaired) electrons. The molecule has 0 spiro atoms. The van der Waals surface area contributed by atoms with Gasteiger partial charge in [0.2, 0.25) is 0 Å². The van der Waals surface area contributed by atoms with Crippen LogP contribution in [0.5, 0.6) is 0 Å². The van der Waals surface area contributed by atoms with Gasteiger partial charge in [-0.3, -0.25) is 0 Å². The van der Waals surface area contributed by atoms with Gasteiger partial charge in [0.15, 0.2) is 0 Å². The fraction of sp³-hybridized carbons (Fsp3) is 0.118. The number of hydrogen-bond donors (Lipinski definition) is 0. The zero-order valence-electron chi connectivity index (χ0n) is 11.3. The quantitative estimate of drug-likeness (QED) is 0.557. The molecule has 2 aromatic rings. The molecule has 4 heteroatoms. The summed E-state index contributed by atoms with van der Waals surface area (Å²) in [5.41, 5.74) is 2.53. The van der Waals surface area contributed by atoms with Crippen LogP contribution in [0.2, 0.25) is 0 Å². The van der Waals surface area contributed by atoms with E-state index in [-0.39, 0.29) is 5.56 Å². The van der Waals surface area contributed by atoms with Crippen LogP contribution in [-0.2, 0) is 11.4 Å². The minimum atomic E-state index is -2.47. The van der Waals surface area contributed by atoms with E-state index in [1.165, 1.54) is 24.3 Å². The summed E-state index contributed by atoms with van der Waals surface area (Å²) in [6.45, 7) is 4.01. The van der Waals surface area contributed by atoms with Gasteiger partial charge in [-0.1, -0.05) is 60.3 Å². The molecule has 0 aliphatic carbocycles. The van der Waals surface area contributed by atoms with E-state index in [1.54, 1.807) is 6.08 Å².